The molecule has 1 amide bonds. The van der Waals surface area contributed by atoms with Gasteiger partial charge >= 0.3 is 6.09 Å². The van der Waals surface area contributed by atoms with E-state index in [2.05, 4.69) is 25.5 Å². The van der Waals surface area contributed by atoms with Crippen LogP contribution < -0.4 is 9.62 Å². The second-order valence-electron chi connectivity index (χ2n) is 7.08. The third-order valence-electron chi connectivity index (χ3n) is 3.92. The van der Waals surface area contributed by atoms with Gasteiger partial charge in [0.15, 0.2) is 0 Å². The van der Waals surface area contributed by atoms with Gasteiger partial charge in [0.1, 0.15) is 6.10 Å². The van der Waals surface area contributed by atoms with Crippen LogP contribution in [-0.4, -0.2) is 39.5 Å². The standard InChI is InChI=1S/C17H26N2O4S/c1-5-10-24(21,22)18-11-15-12-19(16(20)23-15)14-8-6-13(7-9-14)17(2,3)4/h6-9,15,18H,5,10-12H2,1-4H3. The van der Waals surface area contributed by atoms with E-state index in [1.54, 1.807) is 6.92 Å². The van der Waals surface area contributed by atoms with Gasteiger partial charge in [-0.1, -0.05) is 39.8 Å². The summed E-state index contributed by atoms with van der Waals surface area (Å²) in [6.45, 7) is 8.63. The molecule has 1 atom stereocenters. The molecule has 0 bridgehead atoms. The second kappa shape index (κ2) is 7.11. The number of anilines is 1. The van der Waals surface area contributed by atoms with Crippen molar-refractivity contribution in [1.82, 2.24) is 4.72 Å². The molecule has 1 aromatic rings. The predicted molar refractivity (Wildman–Crippen MR) is 94.8 cm³/mol. The average Bonchev–Trinajstić information content (AvgIpc) is 2.86. The lowest BCUT2D eigenvalue weighted by Gasteiger charge is -2.20. The summed E-state index contributed by atoms with van der Waals surface area (Å²) in [6, 6.07) is 7.79. The molecular formula is C17H26N2O4S. The van der Waals surface area contributed by atoms with Gasteiger partial charge in [-0.15, -0.1) is 0 Å². The molecule has 0 saturated carbocycles. The van der Waals surface area contributed by atoms with E-state index in [9.17, 15) is 13.2 Å². The summed E-state index contributed by atoms with van der Waals surface area (Å²) in [5.41, 5.74) is 1.99. The van der Waals surface area contributed by atoms with Gasteiger partial charge in [0.05, 0.1) is 12.3 Å². The Kier molecular flexibility index (Phi) is 5.55. The molecule has 0 spiro atoms. The molecule has 1 fully saturated rings. The van der Waals surface area contributed by atoms with Gasteiger partial charge in [-0.25, -0.2) is 17.9 Å². The maximum Gasteiger partial charge on any atom is 0.414 e. The first-order chi connectivity index (χ1) is 11.1. The summed E-state index contributed by atoms with van der Waals surface area (Å²) in [6.07, 6.45) is -0.379. The minimum absolute atomic E-state index is 0.0458. The van der Waals surface area contributed by atoms with Crippen molar-refractivity contribution in [2.75, 3.05) is 23.7 Å². The minimum atomic E-state index is -3.30. The molecule has 0 aliphatic carbocycles. The molecule has 24 heavy (non-hydrogen) atoms. The van der Waals surface area contributed by atoms with E-state index < -0.39 is 22.2 Å². The van der Waals surface area contributed by atoms with Crippen LogP contribution in [0, 0.1) is 0 Å². The Hall–Kier alpha value is -1.60. The van der Waals surface area contributed by atoms with Gasteiger partial charge in [0, 0.05) is 12.2 Å². The second-order valence-corrected chi connectivity index (χ2v) is 9.01. The lowest BCUT2D eigenvalue weighted by Crippen LogP contribution is -2.35. The number of ether oxygens (including phenoxy) is 1. The van der Waals surface area contributed by atoms with E-state index in [0.29, 0.717) is 13.0 Å². The Labute approximate surface area is 144 Å². The number of hydrogen-bond acceptors (Lipinski definition) is 4. The van der Waals surface area contributed by atoms with Crippen LogP contribution in [0.2, 0.25) is 0 Å². The number of rotatable bonds is 6. The summed E-state index contributed by atoms with van der Waals surface area (Å²) >= 11 is 0. The van der Waals surface area contributed by atoms with E-state index in [0.717, 1.165) is 5.69 Å². The zero-order chi connectivity index (χ0) is 18.0. The van der Waals surface area contributed by atoms with Crippen LogP contribution in [0.15, 0.2) is 24.3 Å². The van der Waals surface area contributed by atoms with E-state index in [-0.39, 0.29) is 17.7 Å². The van der Waals surface area contributed by atoms with Crippen molar-refractivity contribution in [1.29, 1.82) is 0 Å². The molecule has 0 aromatic heterocycles. The SMILES string of the molecule is CCCS(=O)(=O)NCC1CN(c2ccc(C(C)(C)C)cc2)C(=O)O1. The first-order valence-electron chi connectivity index (χ1n) is 8.18. The number of sulfonamides is 1. The van der Waals surface area contributed by atoms with Crippen molar-refractivity contribution < 1.29 is 17.9 Å². The van der Waals surface area contributed by atoms with Crippen LogP contribution in [0.5, 0.6) is 0 Å². The normalized spacial score (nSPS) is 18.8. The molecule has 6 nitrogen and oxygen atoms in total. The summed E-state index contributed by atoms with van der Waals surface area (Å²) in [7, 11) is -3.30. The Morgan fingerprint density at radius 1 is 1.25 bits per heavy atom. The average molecular weight is 354 g/mol. The number of nitrogens with one attached hydrogen (secondary N) is 1. The molecule has 1 aromatic carbocycles. The summed E-state index contributed by atoms with van der Waals surface area (Å²) in [4.78, 5) is 13.6. The molecule has 1 N–H and O–H groups in total. The van der Waals surface area contributed by atoms with Crippen molar-refractivity contribution in [2.45, 2.75) is 45.6 Å². The predicted octanol–water partition coefficient (Wildman–Crippen LogP) is 2.64. The number of carbonyl (C=O) groups is 1. The lowest BCUT2D eigenvalue weighted by atomic mass is 9.87. The van der Waals surface area contributed by atoms with Gasteiger partial charge in [0.25, 0.3) is 0 Å². The molecule has 7 heteroatoms. The number of carbonyl (C=O) groups excluding carboxylic acids is 1. The van der Waals surface area contributed by atoms with E-state index in [1.807, 2.05) is 24.3 Å². The highest BCUT2D eigenvalue weighted by molar-refractivity contribution is 7.89. The van der Waals surface area contributed by atoms with E-state index in [4.69, 9.17) is 4.74 Å². The molecule has 0 radical (unpaired) electrons. The number of amides is 1. The van der Waals surface area contributed by atoms with Crippen molar-refractivity contribution in [3.8, 4) is 0 Å². The Balaban J connectivity index is 2.00. The highest BCUT2D eigenvalue weighted by atomic mass is 32.2. The molecule has 1 aliphatic rings. The van der Waals surface area contributed by atoms with Crippen molar-refractivity contribution in [3.05, 3.63) is 29.8 Å². The Morgan fingerprint density at radius 2 is 1.88 bits per heavy atom. The summed E-state index contributed by atoms with van der Waals surface area (Å²) in [5, 5.41) is 0. The van der Waals surface area contributed by atoms with Crippen LogP contribution in [0.4, 0.5) is 10.5 Å². The van der Waals surface area contributed by atoms with Crippen LogP contribution in [-0.2, 0) is 20.2 Å². The third-order valence-corrected chi connectivity index (χ3v) is 5.48. The van der Waals surface area contributed by atoms with E-state index in [1.165, 1.54) is 10.5 Å². The fraction of sp³-hybridized carbons (Fsp3) is 0.588. The van der Waals surface area contributed by atoms with E-state index >= 15 is 0 Å². The van der Waals surface area contributed by atoms with Gasteiger partial charge in [-0.2, -0.15) is 0 Å². The molecule has 1 aliphatic heterocycles. The Bertz CT molecular complexity index is 678. The molecule has 1 heterocycles. The monoisotopic (exact) mass is 354 g/mol. The lowest BCUT2D eigenvalue weighted by molar-refractivity contribution is 0.143. The number of cyclic esters (lactones) is 1. The molecular weight excluding hydrogens is 328 g/mol. The maximum absolute atomic E-state index is 12.0. The Morgan fingerprint density at radius 3 is 2.42 bits per heavy atom. The number of hydrogen-bond donors (Lipinski definition) is 1. The fourth-order valence-electron chi connectivity index (χ4n) is 2.54. The zero-order valence-electron chi connectivity index (χ0n) is 14.7. The molecule has 134 valence electrons. The molecule has 1 saturated heterocycles. The van der Waals surface area contributed by atoms with Crippen molar-refractivity contribution in [3.63, 3.8) is 0 Å². The minimum Gasteiger partial charge on any atom is -0.443 e. The number of benzene rings is 1. The molecule has 2 rings (SSSR count). The van der Waals surface area contributed by atoms with Gasteiger partial charge in [-0.3, -0.25) is 4.90 Å². The first kappa shape index (κ1) is 18.7. The quantitative estimate of drug-likeness (QED) is 0.852. The van der Waals surface area contributed by atoms with Gasteiger partial charge in [0.2, 0.25) is 10.0 Å². The summed E-state index contributed by atoms with van der Waals surface area (Å²) < 4.78 is 31.1. The fourth-order valence-corrected chi connectivity index (χ4v) is 3.66. The first-order valence-corrected chi connectivity index (χ1v) is 9.83. The topological polar surface area (TPSA) is 75.7 Å². The van der Waals surface area contributed by atoms with Gasteiger partial charge < -0.3 is 4.74 Å². The zero-order valence-corrected chi connectivity index (χ0v) is 15.5. The van der Waals surface area contributed by atoms with Crippen LogP contribution in [0.1, 0.15) is 39.7 Å². The van der Waals surface area contributed by atoms with Crippen LogP contribution in [0.25, 0.3) is 0 Å². The van der Waals surface area contributed by atoms with Crippen molar-refractivity contribution >= 4 is 21.8 Å². The number of nitrogens with zero attached hydrogens (tertiary/aromatic N) is 1. The maximum atomic E-state index is 12.0. The molecule has 1 unspecified atom stereocenters. The largest absolute Gasteiger partial charge is 0.443 e. The van der Waals surface area contributed by atoms with Gasteiger partial charge in [-0.05, 0) is 29.5 Å². The smallest absolute Gasteiger partial charge is 0.414 e. The highest BCUT2D eigenvalue weighted by Crippen LogP contribution is 2.27. The van der Waals surface area contributed by atoms with Crippen molar-refractivity contribution in [2.24, 2.45) is 0 Å². The van der Waals surface area contributed by atoms with Crippen LogP contribution in [0.3, 0.4) is 0 Å². The third kappa shape index (κ3) is 4.70. The highest BCUT2D eigenvalue weighted by Gasteiger charge is 2.33. The van der Waals surface area contributed by atoms with Crippen LogP contribution >= 0.6 is 0 Å². The summed E-state index contributed by atoms with van der Waals surface area (Å²) in [5.74, 6) is 0.0750.